The minimum atomic E-state index is 0.158. The maximum atomic E-state index is 5.58. The van der Waals surface area contributed by atoms with Crippen molar-refractivity contribution in [3.05, 3.63) is 11.8 Å². The minimum Gasteiger partial charge on any atom is -0.467 e. The zero-order valence-corrected chi connectivity index (χ0v) is 11.3. The second-order valence-corrected chi connectivity index (χ2v) is 3.81. The SMILES string of the molecule is CCNc1nc(OC)nc(Oc2cc(C)nn2C)n1. The average Bonchev–Trinajstić information content (AvgIpc) is 2.68. The van der Waals surface area contributed by atoms with Crippen molar-refractivity contribution in [2.75, 3.05) is 19.0 Å². The number of nitrogens with zero attached hydrogens (tertiary/aromatic N) is 5. The first-order valence-corrected chi connectivity index (χ1v) is 5.84. The van der Waals surface area contributed by atoms with Gasteiger partial charge in [-0.25, -0.2) is 4.68 Å². The molecule has 8 nitrogen and oxygen atoms in total. The summed E-state index contributed by atoms with van der Waals surface area (Å²) in [5, 5.41) is 7.17. The molecule has 2 aromatic rings. The van der Waals surface area contributed by atoms with Gasteiger partial charge in [-0.05, 0) is 13.8 Å². The van der Waals surface area contributed by atoms with Gasteiger partial charge in [-0.1, -0.05) is 0 Å². The van der Waals surface area contributed by atoms with Crippen molar-refractivity contribution < 1.29 is 9.47 Å². The van der Waals surface area contributed by atoms with Crippen LogP contribution < -0.4 is 14.8 Å². The van der Waals surface area contributed by atoms with E-state index in [1.165, 1.54) is 7.11 Å². The van der Waals surface area contributed by atoms with Gasteiger partial charge < -0.3 is 14.8 Å². The van der Waals surface area contributed by atoms with Crippen molar-refractivity contribution in [1.29, 1.82) is 0 Å². The zero-order valence-electron chi connectivity index (χ0n) is 11.3. The summed E-state index contributed by atoms with van der Waals surface area (Å²) in [5.74, 6) is 0.955. The molecule has 0 saturated heterocycles. The van der Waals surface area contributed by atoms with Crippen LogP contribution in [0, 0.1) is 6.92 Å². The fourth-order valence-corrected chi connectivity index (χ4v) is 1.49. The van der Waals surface area contributed by atoms with E-state index in [-0.39, 0.29) is 12.0 Å². The Morgan fingerprint density at radius 1 is 1.26 bits per heavy atom. The van der Waals surface area contributed by atoms with Gasteiger partial charge in [0.05, 0.1) is 12.8 Å². The lowest BCUT2D eigenvalue weighted by Crippen LogP contribution is -2.07. The Morgan fingerprint density at radius 3 is 2.58 bits per heavy atom. The van der Waals surface area contributed by atoms with E-state index >= 15 is 0 Å². The summed E-state index contributed by atoms with van der Waals surface area (Å²) in [4.78, 5) is 12.2. The Labute approximate surface area is 110 Å². The highest BCUT2D eigenvalue weighted by Gasteiger charge is 2.11. The molecule has 2 heterocycles. The second kappa shape index (κ2) is 5.51. The van der Waals surface area contributed by atoms with Gasteiger partial charge in [-0.15, -0.1) is 4.98 Å². The van der Waals surface area contributed by atoms with Gasteiger partial charge in [0.1, 0.15) is 0 Å². The highest BCUT2D eigenvalue weighted by molar-refractivity contribution is 5.28. The predicted octanol–water partition coefficient (Wildman–Crippen LogP) is 1.15. The van der Waals surface area contributed by atoms with Gasteiger partial charge in [-0.2, -0.15) is 15.1 Å². The lowest BCUT2D eigenvalue weighted by Gasteiger charge is -2.07. The van der Waals surface area contributed by atoms with Gasteiger partial charge in [0, 0.05) is 19.7 Å². The van der Waals surface area contributed by atoms with Gasteiger partial charge in [0.15, 0.2) is 0 Å². The van der Waals surface area contributed by atoms with E-state index in [0.29, 0.717) is 18.4 Å². The lowest BCUT2D eigenvalue weighted by molar-refractivity contribution is 0.351. The van der Waals surface area contributed by atoms with Gasteiger partial charge in [-0.3, -0.25) is 0 Å². The Balaban J connectivity index is 2.28. The molecule has 0 radical (unpaired) electrons. The third-order valence-electron chi connectivity index (χ3n) is 2.27. The molecule has 0 fully saturated rings. The molecule has 1 N–H and O–H groups in total. The smallest absolute Gasteiger partial charge is 0.331 e. The van der Waals surface area contributed by atoms with Crippen molar-refractivity contribution >= 4 is 5.95 Å². The van der Waals surface area contributed by atoms with Crippen LogP contribution in [0.3, 0.4) is 0 Å². The maximum absolute atomic E-state index is 5.58. The molecule has 2 rings (SSSR count). The van der Waals surface area contributed by atoms with Crippen LogP contribution in [0.25, 0.3) is 0 Å². The molecular weight excluding hydrogens is 248 g/mol. The number of nitrogens with one attached hydrogen (secondary N) is 1. The van der Waals surface area contributed by atoms with Gasteiger partial charge >= 0.3 is 12.0 Å². The molecule has 0 aliphatic carbocycles. The minimum absolute atomic E-state index is 0.158. The molecular formula is C11H16N6O2. The standard InChI is InChI=1S/C11H16N6O2/c1-5-12-9-13-10(18-4)15-11(14-9)19-8-6-7(2)16-17(8)3/h6H,5H2,1-4H3,(H,12,13,14,15). The van der Waals surface area contributed by atoms with Gasteiger partial charge in [0.25, 0.3) is 0 Å². The van der Waals surface area contributed by atoms with Crippen molar-refractivity contribution in [3.63, 3.8) is 0 Å². The number of aryl methyl sites for hydroxylation is 2. The van der Waals surface area contributed by atoms with E-state index in [2.05, 4.69) is 25.4 Å². The topological polar surface area (TPSA) is 87.0 Å². The molecule has 0 aliphatic heterocycles. The van der Waals surface area contributed by atoms with Gasteiger partial charge in [0.2, 0.25) is 11.8 Å². The number of aromatic nitrogens is 5. The fourth-order valence-electron chi connectivity index (χ4n) is 1.49. The molecule has 0 amide bonds. The van der Waals surface area contributed by atoms with Crippen molar-refractivity contribution in [1.82, 2.24) is 24.7 Å². The molecule has 0 spiro atoms. The Bertz CT molecular complexity index is 568. The number of hydrogen-bond acceptors (Lipinski definition) is 7. The Morgan fingerprint density at radius 2 is 2.00 bits per heavy atom. The summed E-state index contributed by atoms with van der Waals surface area (Å²) < 4.78 is 12.2. The molecule has 19 heavy (non-hydrogen) atoms. The molecule has 0 aliphatic rings. The normalized spacial score (nSPS) is 10.3. The zero-order chi connectivity index (χ0) is 13.8. The largest absolute Gasteiger partial charge is 0.467 e. The first kappa shape index (κ1) is 13.1. The molecule has 0 atom stereocenters. The second-order valence-electron chi connectivity index (χ2n) is 3.81. The van der Waals surface area contributed by atoms with Crippen LogP contribution in [0.4, 0.5) is 5.95 Å². The summed E-state index contributed by atoms with van der Waals surface area (Å²) in [6.45, 7) is 4.52. The fraction of sp³-hybridized carbons (Fsp3) is 0.455. The quantitative estimate of drug-likeness (QED) is 0.866. The molecule has 0 bridgehead atoms. The van der Waals surface area contributed by atoms with Crippen LogP contribution >= 0.6 is 0 Å². The highest BCUT2D eigenvalue weighted by Crippen LogP contribution is 2.20. The van der Waals surface area contributed by atoms with Crippen molar-refractivity contribution in [2.45, 2.75) is 13.8 Å². The van der Waals surface area contributed by atoms with Crippen LogP contribution in [0.1, 0.15) is 12.6 Å². The summed E-state index contributed by atoms with van der Waals surface area (Å²) in [5.41, 5.74) is 0.852. The number of hydrogen-bond donors (Lipinski definition) is 1. The van der Waals surface area contributed by atoms with E-state index in [9.17, 15) is 0 Å². The maximum Gasteiger partial charge on any atom is 0.331 e. The number of rotatable bonds is 5. The van der Waals surface area contributed by atoms with Crippen LogP contribution in [0.2, 0.25) is 0 Å². The highest BCUT2D eigenvalue weighted by atomic mass is 16.5. The third kappa shape index (κ3) is 3.09. The van der Waals surface area contributed by atoms with E-state index in [4.69, 9.17) is 9.47 Å². The molecule has 2 aromatic heterocycles. The molecule has 0 aromatic carbocycles. The van der Waals surface area contributed by atoms with E-state index < -0.39 is 0 Å². The van der Waals surface area contributed by atoms with E-state index in [1.807, 2.05) is 13.8 Å². The summed E-state index contributed by atoms with van der Waals surface area (Å²) in [6, 6.07) is 2.15. The lowest BCUT2D eigenvalue weighted by atomic mass is 10.5. The summed E-state index contributed by atoms with van der Waals surface area (Å²) in [7, 11) is 3.27. The number of ether oxygens (including phenoxy) is 2. The Hall–Kier alpha value is -2.38. The van der Waals surface area contributed by atoms with E-state index in [1.54, 1.807) is 17.8 Å². The molecule has 0 saturated carbocycles. The first-order chi connectivity index (χ1) is 9.12. The van der Waals surface area contributed by atoms with Crippen LogP contribution in [-0.4, -0.2) is 38.4 Å². The Kier molecular flexibility index (Phi) is 3.79. The van der Waals surface area contributed by atoms with Crippen molar-refractivity contribution in [3.8, 4) is 17.9 Å². The summed E-state index contributed by atoms with van der Waals surface area (Å²) >= 11 is 0. The molecule has 8 heteroatoms. The third-order valence-corrected chi connectivity index (χ3v) is 2.27. The average molecular weight is 264 g/mol. The molecule has 102 valence electrons. The summed E-state index contributed by atoms with van der Waals surface area (Å²) in [6.07, 6.45) is 0. The monoisotopic (exact) mass is 264 g/mol. The van der Waals surface area contributed by atoms with E-state index in [0.717, 1.165) is 5.69 Å². The number of anilines is 1. The van der Waals surface area contributed by atoms with Crippen LogP contribution in [0.5, 0.6) is 17.9 Å². The van der Waals surface area contributed by atoms with Crippen LogP contribution in [0.15, 0.2) is 6.07 Å². The van der Waals surface area contributed by atoms with Crippen LogP contribution in [-0.2, 0) is 7.05 Å². The van der Waals surface area contributed by atoms with Crippen molar-refractivity contribution in [2.24, 2.45) is 7.05 Å². The molecule has 0 unspecified atom stereocenters. The first-order valence-electron chi connectivity index (χ1n) is 5.84. The predicted molar refractivity (Wildman–Crippen MR) is 68.6 cm³/mol. The number of methoxy groups -OCH3 is 1.